The molecule has 14 heavy (non-hydrogen) atoms. The molecular formula is C8H6ClN3O2. The Morgan fingerprint density at radius 3 is 3.14 bits per heavy atom. The number of hydrogen-bond acceptors (Lipinski definition) is 4. The van der Waals surface area contributed by atoms with E-state index in [1.165, 1.54) is 17.8 Å². The highest BCUT2D eigenvalue weighted by atomic mass is 35.5. The molecule has 0 spiro atoms. The van der Waals surface area contributed by atoms with Gasteiger partial charge in [-0.05, 0) is 6.07 Å². The van der Waals surface area contributed by atoms with Gasteiger partial charge in [0.2, 0.25) is 0 Å². The lowest BCUT2D eigenvalue weighted by molar-refractivity contribution is 0.0602. The topological polar surface area (TPSA) is 56.5 Å². The highest BCUT2D eigenvalue weighted by Gasteiger charge is 2.13. The zero-order valence-electron chi connectivity index (χ0n) is 7.27. The average Bonchev–Trinajstić information content (AvgIpc) is 2.59. The Hall–Kier alpha value is -1.62. The van der Waals surface area contributed by atoms with Gasteiger partial charge in [-0.3, -0.25) is 0 Å². The zero-order valence-corrected chi connectivity index (χ0v) is 8.02. The molecule has 0 aromatic carbocycles. The van der Waals surface area contributed by atoms with Crippen LogP contribution in [0, 0.1) is 0 Å². The van der Waals surface area contributed by atoms with Crippen molar-refractivity contribution in [1.82, 2.24) is 14.6 Å². The van der Waals surface area contributed by atoms with E-state index in [4.69, 9.17) is 11.6 Å². The molecule has 72 valence electrons. The second kappa shape index (κ2) is 3.26. The van der Waals surface area contributed by atoms with Crippen LogP contribution in [0.4, 0.5) is 0 Å². The average molecular weight is 212 g/mol. The van der Waals surface area contributed by atoms with Crippen molar-refractivity contribution in [2.75, 3.05) is 7.11 Å². The number of methoxy groups -OCH3 is 1. The van der Waals surface area contributed by atoms with Gasteiger partial charge in [-0.15, -0.1) is 0 Å². The zero-order chi connectivity index (χ0) is 10.1. The van der Waals surface area contributed by atoms with E-state index in [-0.39, 0.29) is 0 Å². The predicted octanol–water partition coefficient (Wildman–Crippen LogP) is 1.17. The molecule has 0 fully saturated rings. The molecule has 0 unspecified atom stereocenters. The summed E-state index contributed by atoms with van der Waals surface area (Å²) in [7, 11) is 1.30. The predicted molar refractivity (Wildman–Crippen MR) is 49.3 cm³/mol. The summed E-state index contributed by atoms with van der Waals surface area (Å²) in [4.78, 5) is 15.2. The fraction of sp³-hybridized carbons (Fsp3) is 0.125. The van der Waals surface area contributed by atoms with Crippen LogP contribution in [-0.2, 0) is 4.74 Å². The largest absolute Gasteiger partial charge is 0.465 e. The molecule has 0 aliphatic carbocycles. The van der Waals surface area contributed by atoms with Crippen LogP contribution in [0.2, 0.25) is 5.15 Å². The third kappa shape index (κ3) is 1.31. The third-order valence-corrected chi connectivity index (χ3v) is 1.95. The van der Waals surface area contributed by atoms with Crippen molar-refractivity contribution in [2.24, 2.45) is 0 Å². The van der Waals surface area contributed by atoms with E-state index in [1.54, 1.807) is 12.3 Å². The van der Waals surface area contributed by atoms with E-state index >= 15 is 0 Å². The van der Waals surface area contributed by atoms with Gasteiger partial charge >= 0.3 is 5.97 Å². The number of rotatable bonds is 1. The quantitative estimate of drug-likeness (QED) is 0.525. The summed E-state index contributed by atoms with van der Waals surface area (Å²) >= 11 is 5.69. The second-order valence-electron chi connectivity index (χ2n) is 2.57. The maximum absolute atomic E-state index is 11.2. The van der Waals surface area contributed by atoms with Crippen LogP contribution >= 0.6 is 11.6 Å². The number of esters is 1. The van der Waals surface area contributed by atoms with Crippen LogP contribution in [-0.4, -0.2) is 27.7 Å². The maximum atomic E-state index is 11.2. The molecule has 2 heterocycles. The van der Waals surface area contributed by atoms with Crippen molar-refractivity contribution in [2.45, 2.75) is 0 Å². The number of hydrogen-bond donors (Lipinski definition) is 0. The number of fused-ring (bicyclic) bond motifs is 1. The molecular weight excluding hydrogens is 206 g/mol. The van der Waals surface area contributed by atoms with Gasteiger partial charge in [0.1, 0.15) is 10.7 Å². The minimum absolute atomic E-state index is 0.301. The van der Waals surface area contributed by atoms with Gasteiger partial charge in [0, 0.05) is 6.20 Å². The van der Waals surface area contributed by atoms with Crippen LogP contribution in [0.15, 0.2) is 18.5 Å². The molecule has 0 aliphatic rings. The first kappa shape index (κ1) is 8.96. The number of nitrogens with zero attached hydrogens (tertiary/aromatic N) is 3. The minimum Gasteiger partial charge on any atom is -0.465 e. The first-order valence-electron chi connectivity index (χ1n) is 3.80. The summed E-state index contributed by atoms with van der Waals surface area (Å²) in [6, 6.07) is 1.59. The SMILES string of the molecule is COC(=O)c1cnn2ccc(Cl)nc12. The Morgan fingerprint density at radius 2 is 2.43 bits per heavy atom. The van der Waals surface area contributed by atoms with Crippen molar-refractivity contribution in [3.8, 4) is 0 Å². The highest BCUT2D eigenvalue weighted by molar-refractivity contribution is 6.29. The van der Waals surface area contributed by atoms with Crippen molar-refractivity contribution in [1.29, 1.82) is 0 Å². The molecule has 0 saturated carbocycles. The van der Waals surface area contributed by atoms with E-state index < -0.39 is 5.97 Å². The summed E-state index contributed by atoms with van der Waals surface area (Å²) in [6.45, 7) is 0. The molecule has 0 radical (unpaired) electrons. The molecule has 2 aromatic rings. The number of aromatic nitrogens is 3. The van der Waals surface area contributed by atoms with Gasteiger partial charge in [0.05, 0.1) is 13.3 Å². The van der Waals surface area contributed by atoms with Gasteiger partial charge in [-0.1, -0.05) is 11.6 Å². The standard InChI is InChI=1S/C8H6ClN3O2/c1-14-8(13)5-4-10-12-3-2-6(9)11-7(5)12/h2-4H,1H3. The first-order valence-corrected chi connectivity index (χ1v) is 4.18. The molecule has 0 aliphatic heterocycles. The van der Waals surface area contributed by atoms with Gasteiger partial charge in [-0.25, -0.2) is 14.3 Å². The first-order chi connectivity index (χ1) is 6.72. The van der Waals surface area contributed by atoms with Crippen molar-refractivity contribution >= 4 is 23.2 Å². The Labute approximate surface area is 84.3 Å². The van der Waals surface area contributed by atoms with E-state index in [0.717, 1.165) is 0 Å². The lowest BCUT2D eigenvalue weighted by Crippen LogP contribution is -2.01. The van der Waals surface area contributed by atoms with Gasteiger partial charge < -0.3 is 4.74 Å². The van der Waals surface area contributed by atoms with E-state index in [1.807, 2.05) is 0 Å². The fourth-order valence-corrected chi connectivity index (χ4v) is 1.24. The van der Waals surface area contributed by atoms with Crippen LogP contribution in [0.25, 0.3) is 5.65 Å². The molecule has 0 amide bonds. The van der Waals surface area contributed by atoms with Crippen molar-refractivity contribution in [3.63, 3.8) is 0 Å². The summed E-state index contributed by atoms with van der Waals surface area (Å²) in [5, 5.41) is 4.23. The van der Waals surface area contributed by atoms with Crippen LogP contribution < -0.4 is 0 Å². The van der Waals surface area contributed by atoms with E-state index in [0.29, 0.717) is 16.4 Å². The summed E-state index contributed by atoms with van der Waals surface area (Å²) in [6.07, 6.45) is 3.02. The lowest BCUT2D eigenvalue weighted by atomic mass is 10.3. The lowest BCUT2D eigenvalue weighted by Gasteiger charge is -1.96. The van der Waals surface area contributed by atoms with Gasteiger partial charge in [0.15, 0.2) is 5.65 Å². The van der Waals surface area contributed by atoms with Crippen molar-refractivity contribution < 1.29 is 9.53 Å². The molecule has 0 saturated heterocycles. The Kier molecular flexibility index (Phi) is 2.09. The maximum Gasteiger partial charge on any atom is 0.343 e. The van der Waals surface area contributed by atoms with E-state index in [9.17, 15) is 4.79 Å². The number of carbonyl (C=O) groups excluding carboxylic acids is 1. The Balaban J connectivity index is 2.67. The van der Waals surface area contributed by atoms with Crippen LogP contribution in [0.3, 0.4) is 0 Å². The molecule has 5 nitrogen and oxygen atoms in total. The normalized spacial score (nSPS) is 10.4. The Bertz CT molecular complexity index is 494. The van der Waals surface area contributed by atoms with Crippen LogP contribution in [0.5, 0.6) is 0 Å². The highest BCUT2D eigenvalue weighted by Crippen LogP contribution is 2.12. The van der Waals surface area contributed by atoms with Gasteiger partial charge in [-0.2, -0.15) is 5.10 Å². The summed E-state index contributed by atoms with van der Waals surface area (Å²) < 4.78 is 6.02. The number of carbonyl (C=O) groups is 1. The fourth-order valence-electron chi connectivity index (χ4n) is 1.10. The molecule has 0 N–H and O–H groups in total. The molecule has 0 bridgehead atoms. The monoisotopic (exact) mass is 211 g/mol. The van der Waals surface area contributed by atoms with Crippen LogP contribution in [0.1, 0.15) is 10.4 Å². The smallest absolute Gasteiger partial charge is 0.343 e. The van der Waals surface area contributed by atoms with Crippen molar-refractivity contribution in [3.05, 3.63) is 29.2 Å². The third-order valence-electron chi connectivity index (χ3n) is 1.74. The molecule has 6 heteroatoms. The molecule has 0 atom stereocenters. The minimum atomic E-state index is -0.477. The molecule has 2 aromatic heterocycles. The van der Waals surface area contributed by atoms with Gasteiger partial charge in [0.25, 0.3) is 0 Å². The van der Waals surface area contributed by atoms with E-state index in [2.05, 4.69) is 14.8 Å². The second-order valence-corrected chi connectivity index (χ2v) is 2.96. The summed E-state index contributed by atoms with van der Waals surface area (Å²) in [5.41, 5.74) is 0.694. The summed E-state index contributed by atoms with van der Waals surface area (Å²) in [5.74, 6) is -0.477. The Morgan fingerprint density at radius 1 is 1.64 bits per heavy atom. The number of halogens is 1. The molecule has 2 rings (SSSR count). The number of ether oxygens (including phenoxy) is 1.